The van der Waals surface area contributed by atoms with Crippen LogP contribution in [-0.2, 0) is 4.79 Å². The highest BCUT2D eigenvalue weighted by atomic mass is 16.4. The van der Waals surface area contributed by atoms with Crippen LogP contribution in [-0.4, -0.2) is 56.4 Å². The third kappa shape index (κ3) is 10.1. The van der Waals surface area contributed by atoms with E-state index in [4.69, 9.17) is 15.3 Å². The smallest absolute Gasteiger partial charge is 0.303 e. The number of rotatable bonds is 13. The van der Waals surface area contributed by atoms with E-state index in [1.165, 1.54) is 0 Å². The molecule has 6 nitrogen and oxygen atoms in total. The highest BCUT2D eigenvalue weighted by molar-refractivity contribution is 5.66. The molecule has 0 saturated carbocycles. The van der Waals surface area contributed by atoms with Crippen molar-refractivity contribution in [2.75, 3.05) is 6.61 Å². The van der Waals surface area contributed by atoms with E-state index in [1.54, 1.807) is 0 Å². The van der Waals surface area contributed by atoms with Gasteiger partial charge in [0.15, 0.2) is 0 Å². The standard InChI is InChI=1S/C14H28O6/c15-10-12(17)14(20)11(16)8-6-4-2-1-3-5-7-9-13(18)19/h11-12,14-17,20H,1-10H2,(H,18,19). The number of hydrogen-bond donors (Lipinski definition) is 5. The fraction of sp³-hybridized carbons (Fsp3) is 0.929. The van der Waals surface area contributed by atoms with Gasteiger partial charge in [0.2, 0.25) is 0 Å². The van der Waals surface area contributed by atoms with Crippen LogP contribution in [0.5, 0.6) is 0 Å². The molecular formula is C14H28O6. The van der Waals surface area contributed by atoms with Crippen LogP contribution in [0.4, 0.5) is 0 Å². The minimum absolute atomic E-state index is 0.233. The molecular weight excluding hydrogens is 264 g/mol. The molecule has 0 heterocycles. The van der Waals surface area contributed by atoms with Crippen molar-refractivity contribution in [2.45, 2.75) is 76.1 Å². The summed E-state index contributed by atoms with van der Waals surface area (Å²) in [5.74, 6) is -0.748. The van der Waals surface area contributed by atoms with Gasteiger partial charge in [-0.1, -0.05) is 38.5 Å². The Morgan fingerprint density at radius 2 is 1.30 bits per heavy atom. The number of aliphatic carboxylic acids is 1. The number of carbonyl (C=O) groups is 1. The minimum atomic E-state index is -1.30. The number of aliphatic hydroxyl groups excluding tert-OH is 4. The zero-order valence-electron chi connectivity index (χ0n) is 11.9. The largest absolute Gasteiger partial charge is 0.481 e. The summed E-state index contributed by atoms with van der Waals surface area (Å²) in [6, 6.07) is 0. The Hall–Kier alpha value is -0.690. The number of aliphatic hydroxyl groups is 4. The molecule has 0 fully saturated rings. The minimum Gasteiger partial charge on any atom is -0.481 e. The summed E-state index contributed by atoms with van der Waals surface area (Å²) >= 11 is 0. The van der Waals surface area contributed by atoms with Crippen LogP contribution >= 0.6 is 0 Å². The first-order chi connectivity index (χ1) is 9.49. The zero-order valence-corrected chi connectivity index (χ0v) is 11.9. The van der Waals surface area contributed by atoms with Crippen molar-refractivity contribution in [1.29, 1.82) is 0 Å². The van der Waals surface area contributed by atoms with E-state index in [1.807, 2.05) is 0 Å². The van der Waals surface area contributed by atoms with Crippen molar-refractivity contribution >= 4 is 5.97 Å². The SMILES string of the molecule is O=C(O)CCCCCCCCCC(O)C(O)C(O)CO. The van der Waals surface area contributed by atoms with Crippen molar-refractivity contribution in [3.05, 3.63) is 0 Å². The van der Waals surface area contributed by atoms with Crippen LogP contribution in [0.1, 0.15) is 57.8 Å². The molecule has 3 atom stereocenters. The molecule has 0 aliphatic carbocycles. The van der Waals surface area contributed by atoms with E-state index < -0.39 is 30.9 Å². The molecule has 0 spiro atoms. The summed E-state index contributed by atoms with van der Waals surface area (Å²) in [7, 11) is 0. The summed E-state index contributed by atoms with van der Waals surface area (Å²) in [5, 5.41) is 45.3. The predicted octanol–water partition coefficient (Wildman–Crippen LogP) is 0.657. The number of carboxylic acids is 1. The molecule has 0 rings (SSSR count). The Morgan fingerprint density at radius 3 is 1.80 bits per heavy atom. The first-order valence-electron chi connectivity index (χ1n) is 7.36. The maximum absolute atomic E-state index is 10.3. The van der Waals surface area contributed by atoms with E-state index in [-0.39, 0.29) is 6.42 Å². The van der Waals surface area contributed by atoms with Crippen molar-refractivity contribution in [3.8, 4) is 0 Å². The van der Waals surface area contributed by atoms with E-state index in [9.17, 15) is 15.0 Å². The van der Waals surface area contributed by atoms with Crippen molar-refractivity contribution in [3.63, 3.8) is 0 Å². The number of carboxylic acid groups (broad SMARTS) is 1. The Balaban J connectivity index is 3.37. The second-order valence-electron chi connectivity index (χ2n) is 5.22. The van der Waals surface area contributed by atoms with Gasteiger partial charge in [-0.25, -0.2) is 0 Å². The Bertz CT molecular complexity index is 246. The molecule has 0 aromatic carbocycles. The molecule has 0 amide bonds. The van der Waals surface area contributed by atoms with Crippen molar-refractivity contribution < 1.29 is 30.3 Å². The molecule has 0 bridgehead atoms. The highest BCUT2D eigenvalue weighted by Gasteiger charge is 2.23. The topological polar surface area (TPSA) is 118 Å². The summed E-state index contributed by atoms with van der Waals surface area (Å²) in [4.78, 5) is 10.3. The van der Waals surface area contributed by atoms with Gasteiger partial charge in [-0.05, 0) is 12.8 Å². The van der Waals surface area contributed by atoms with E-state index >= 15 is 0 Å². The number of unbranched alkanes of at least 4 members (excludes halogenated alkanes) is 6. The molecule has 3 unspecified atom stereocenters. The Morgan fingerprint density at radius 1 is 0.800 bits per heavy atom. The van der Waals surface area contributed by atoms with Crippen molar-refractivity contribution in [2.24, 2.45) is 0 Å². The molecule has 120 valence electrons. The van der Waals surface area contributed by atoms with Gasteiger partial charge in [0.1, 0.15) is 12.2 Å². The molecule has 0 aromatic rings. The maximum atomic E-state index is 10.3. The van der Waals surface area contributed by atoms with E-state index in [2.05, 4.69) is 0 Å². The number of hydrogen-bond acceptors (Lipinski definition) is 5. The molecule has 5 N–H and O–H groups in total. The third-order valence-corrected chi connectivity index (χ3v) is 3.37. The van der Waals surface area contributed by atoms with E-state index in [0.29, 0.717) is 6.42 Å². The molecule has 0 aliphatic heterocycles. The molecule has 0 saturated heterocycles. The Labute approximate surface area is 120 Å². The second-order valence-corrected chi connectivity index (χ2v) is 5.22. The molecule has 20 heavy (non-hydrogen) atoms. The van der Waals surface area contributed by atoms with Crippen LogP contribution in [0.25, 0.3) is 0 Å². The lowest BCUT2D eigenvalue weighted by Crippen LogP contribution is -2.39. The lowest BCUT2D eigenvalue weighted by molar-refractivity contribution is -0.137. The van der Waals surface area contributed by atoms with Crippen molar-refractivity contribution in [1.82, 2.24) is 0 Å². The van der Waals surface area contributed by atoms with Gasteiger partial charge in [0, 0.05) is 6.42 Å². The summed E-state index contributed by atoms with van der Waals surface area (Å²) in [6.45, 7) is -0.561. The summed E-state index contributed by atoms with van der Waals surface area (Å²) in [5.41, 5.74) is 0. The quantitative estimate of drug-likeness (QED) is 0.318. The monoisotopic (exact) mass is 292 g/mol. The van der Waals surface area contributed by atoms with Crippen LogP contribution in [0.2, 0.25) is 0 Å². The van der Waals surface area contributed by atoms with E-state index in [0.717, 1.165) is 44.9 Å². The molecule has 6 heteroatoms. The molecule has 0 radical (unpaired) electrons. The third-order valence-electron chi connectivity index (χ3n) is 3.37. The van der Waals surface area contributed by atoms with Crippen LogP contribution in [0.15, 0.2) is 0 Å². The van der Waals surface area contributed by atoms with Gasteiger partial charge in [-0.15, -0.1) is 0 Å². The van der Waals surface area contributed by atoms with Gasteiger partial charge >= 0.3 is 5.97 Å². The first kappa shape index (κ1) is 19.3. The molecule has 0 aromatic heterocycles. The highest BCUT2D eigenvalue weighted by Crippen LogP contribution is 2.13. The fourth-order valence-corrected chi connectivity index (χ4v) is 2.05. The Kier molecular flexibility index (Phi) is 11.7. The van der Waals surface area contributed by atoms with Crippen LogP contribution < -0.4 is 0 Å². The van der Waals surface area contributed by atoms with Gasteiger partial charge in [-0.2, -0.15) is 0 Å². The lowest BCUT2D eigenvalue weighted by atomic mass is 10.0. The zero-order chi connectivity index (χ0) is 15.4. The van der Waals surface area contributed by atoms with Crippen LogP contribution in [0.3, 0.4) is 0 Å². The van der Waals surface area contributed by atoms with Gasteiger partial charge < -0.3 is 25.5 Å². The average Bonchev–Trinajstić information content (AvgIpc) is 2.43. The van der Waals surface area contributed by atoms with Crippen LogP contribution in [0, 0.1) is 0 Å². The predicted molar refractivity (Wildman–Crippen MR) is 74.3 cm³/mol. The van der Waals surface area contributed by atoms with Gasteiger partial charge in [0.25, 0.3) is 0 Å². The maximum Gasteiger partial charge on any atom is 0.303 e. The van der Waals surface area contributed by atoms with Gasteiger partial charge in [0.05, 0.1) is 12.7 Å². The first-order valence-corrected chi connectivity index (χ1v) is 7.36. The normalized spacial score (nSPS) is 15.8. The van der Waals surface area contributed by atoms with Gasteiger partial charge in [-0.3, -0.25) is 4.79 Å². The second kappa shape index (κ2) is 12.1. The lowest BCUT2D eigenvalue weighted by Gasteiger charge is -2.21. The summed E-state index contributed by atoms with van der Waals surface area (Å²) in [6.07, 6.45) is 3.44. The molecule has 0 aliphatic rings. The average molecular weight is 292 g/mol. The summed E-state index contributed by atoms with van der Waals surface area (Å²) < 4.78 is 0. The fourth-order valence-electron chi connectivity index (χ4n) is 2.05.